The molecular formula is C13H9BrN2O5. The standard InChI is InChI=1S/C13H9BrN2O5/c1-7-4-10(16(19)20)12(15-6-7)21-11-5-8(13(17)18)2-3-9(11)14/h2-6H,1H3,(H,17,18). The molecule has 0 aliphatic rings. The lowest BCUT2D eigenvalue weighted by molar-refractivity contribution is -0.386. The van der Waals surface area contributed by atoms with Gasteiger partial charge in [-0.3, -0.25) is 10.1 Å². The first-order valence-electron chi connectivity index (χ1n) is 5.70. The lowest BCUT2D eigenvalue weighted by atomic mass is 10.2. The summed E-state index contributed by atoms with van der Waals surface area (Å²) in [6.45, 7) is 1.67. The van der Waals surface area contributed by atoms with Crippen LogP contribution in [0, 0.1) is 17.0 Å². The summed E-state index contributed by atoms with van der Waals surface area (Å²) < 4.78 is 5.85. The van der Waals surface area contributed by atoms with E-state index in [-0.39, 0.29) is 22.9 Å². The monoisotopic (exact) mass is 352 g/mol. The second kappa shape index (κ2) is 5.88. The number of carboxylic acids is 1. The van der Waals surface area contributed by atoms with E-state index in [4.69, 9.17) is 9.84 Å². The van der Waals surface area contributed by atoms with E-state index in [1.165, 1.54) is 30.5 Å². The van der Waals surface area contributed by atoms with Crippen LogP contribution in [0.1, 0.15) is 15.9 Å². The number of aromatic nitrogens is 1. The summed E-state index contributed by atoms with van der Waals surface area (Å²) in [7, 11) is 0. The lowest BCUT2D eigenvalue weighted by Crippen LogP contribution is -1.99. The van der Waals surface area contributed by atoms with E-state index in [1.54, 1.807) is 6.92 Å². The normalized spacial score (nSPS) is 10.2. The van der Waals surface area contributed by atoms with E-state index in [2.05, 4.69) is 20.9 Å². The molecule has 1 N–H and O–H groups in total. The molecule has 21 heavy (non-hydrogen) atoms. The first kappa shape index (κ1) is 14.9. The van der Waals surface area contributed by atoms with Crippen molar-refractivity contribution in [1.82, 2.24) is 4.98 Å². The molecule has 0 saturated heterocycles. The molecule has 0 aliphatic carbocycles. The average molecular weight is 353 g/mol. The minimum Gasteiger partial charge on any atom is -0.478 e. The van der Waals surface area contributed by atoms with Crippen molar-refractivity contribution in [3.05, 3.63) is 56.2 Å². The highest BCUT2D eigenvalue weighted by Crippen LogP contribution is 2.34. The van der Waals surface area contributed by atoms with Gasteiger partial charge in [-0.15, -0.1) is 0 Å². The minimum atomic E-state index is -1.13. The fraction of sp³-hybridized carbons (Fsp3) is 0.0769. The van der Waals surface area contributed by atoms with E-state index in [0.29, 0.717) is 10.0 Å². The fourth-order valence-corrected chi connectivity index (χ4v) is 1.90. The SMILES string of the molecule is Cc1cnc(Oc2cc(C(=O)O)ccc2Br)c([N+](=O)[O-])c1. The average Bonchev–Trinajstić information content (AvgIpc) is 2.42. The Morgan fingerprint density at radius 2 is 2.14 bits per heavy atom. The summed E-state index contributed by atoms with van der Waals surface area (Å²) >= 11 is 3.20. The van der Waals surface area contributed by atoms with Gasteiger partial charge in [-0.2, -0.15) is 0 Å². The molecule has 1 aromatic carbocycles. The molecule has 0 aliphatic heterocycles. The maximum atomic E-state index is 11.0. The number of carboxylic acid groups (broad SMARTS) is 1. The Morgan fingerprint density at radius 1 is 1.43 bits per heavy atom. The predicted octanol–water partition coefficient (Wildman–Crippen LogP) is 3.55. The number of aromatic carboxylic acids is 1. The van der Waals surface area contributed by atoms with Gasteiger partial charge in [0.25, 0.3) is 5.88 Å². The van der Waals surface area contributed by atoms with Crippen LogP contribution in [0.3, 0.4) is 0 Å². The van der Waals surface area contributed by atoms with Gasteiger partial charge in [0.15, 0.2) is 0 Å². The van der Waals surface area contributed by atoms with Crippen LogP contribution in [0.25, 0.3) is 0 Å². The molecule has 0 amide bonds. The second-order valence-electron chi connectivity index (χ2n) is 4.15. The van der Waals surface area contributed by atoms with Crippen molar-refractivity contribution in [3.63, 3.8) is 0 Å². The Balaban J connectivity index is 2.45. The molecule has 0 atom stereocenters. The lowest BCUT2D eigenvalue weighted by Gasteiger charge is -2.08. The van der Waals surface area contributed by atoms with Crippen molar-refractivity contribution in [2.45, 2.75) is 6.92 Å². The maximum absolute atomic E-state index is 11.0. The minimum absolute atomic E-state index is 0.00275. The molecular weight excluding hydrogens is 344 g/mol. The number of benzene rings is 1. The van der Waals surface area contributed by atoms with Crippen molar-refractivity contribution >= 4 is 27.6 Å². The quantitative estimate of drug-likeness (QED) is 0.666. The molecule has 0 fully saturated rings. The van der Waals surface area contributed by atoms with Gasteiger partial charge in [0.2, 0.25) is 0 Å². The van der Waals surface area contributed by atoms with Crippen LogP contribution in [-0.4, -0.2) is 21.0 Å². The number of nitro groups is 1. The van der Waals surface area contributed by atoms with Gasteiger partial charge in [-0.05, 0) is 46.6 Å². The number of rotatable bonds is 4. The summed E-state index contributed by atoms with van der Waals surface area (Å²) in [5.41, 5.74) is 0.331. The summed E-state index contributed by atoms with van der Waals surface area (Å²) in [6.07, 6.45) is 1.43. The number of halogens is 1. The van der Waals surface area contributed by atoms with E-state index < -0.39 is 10.9 Å². The third-order valence-corrected chi connectivity index (χ3v) is 3.21. The van der Waals surface area contributed by atoms with Gasteiger partial charge in [-0.25, -0.2) is 9.78 Å². The van der Waals surface area contributed by atoms with E-state index in [9.17, 15) is 14.9 Å². The Morgan fingerprint density at radius 3 is 2.76 bits per heavy atom. The van der Waals surface area contributed by atoms with Gasteiger partial charge < -0.3 is 9.84 Å². The van der Waals surface area contributed by atoms with Crippen LogP contribution >= 0.6 is 15.9 Å². The van der Waals surface area contributed by atoms with Crippen LogP contribution in [0.2, 0.25) is 0 Å². The molecule has 8 heteroatoms. The molecule has 0 spiro atoms. The molecule has 1 aromatic heterocycles. The summed E-state index contributed by atoms with van der Waals surface area (Å²) in [4.78, 5) is 25.2. The van der Waals surface area contributed by atoms with E-state index in [0.717, 1.165) is 0 Å². The van der Waals surface area contributed by atoms with Crippen molar-refractivity contribution in [2.75, 3.05) is 0 Å². The smallest absolute Gasteiger partial charge is 0.335 e. The van der Waals surface area contributed by atoms with Crippen LogP contribution in [0.15, 0.2) is 34.9 Å². The maximum Gasteiger partial charge on any atom is 0.335 e. The zero-order valence-electron chi connectivity index (χ0n) is 10.7. The van der Waals surface area contributed by atoms with Gasteiger partial charge in [-0.1, -0.05) is 0 Å². The second-order valence-corrected chi connectivity index (χ2v) is 5.00. The first-order valence-corrected chi connectivity index (χ1v) is 6.49. The Kier molecular flexibility index (Phi) is 4.18. The molecule has 0 saturated carbocycles. The number of carbonyl (C=O) groups is 1. The van der Waals surface area contributed by atoms with Gasteiger partial charge in [0.1, 0.15) is 5.75 Å². The van der Waals surface area contributed by atoms with E-state index >= 15 is 0 Å². The highest BCUT2D eigenvalue weighted by molar-refractivity contribution is 9.10. The Hall–Kier alpha value is -2.48. The third-order valence-electron chi connectivity index (χ3n) is 2.55. The number of hydrogen-bond donors (Lipinski definition) is 1. The first-order chi connectivity index (χ1) is 9.88. The topological polar surface area (TPSA) is 103 Å². The van der Waals surface area contributed by atoms with Crippen molar-refractivity contribution < 1.29 is 19.6 Å². The van der Waals surface area contributed by atoms with Crippen LogP contribution in [0.4, 0.5) is 5.69 Å². The van der Waals surface area contributed by atoms with Crippen LogP contribution < -0.4 is 4.74 Å². The predicted molar refractivity (Wildman–Crippen MR) is 76.8 cm³/mol. The molecule has 7 nitrogen and oxygen atoms in total. The summed E-state index contributed by atoms with van der Waals surface area (Å²) in [6, 6.07) is 5.46. The molecule has 0 unspecified atom stereocenters. The Labute approximate surface area is 127 Å². The van der Waals surface area contributed by atoms with E-state index in [1.807, 2.05) is 0 Å². The van der Waals surface area contributed by atoms with Crippen LogP contribution in [-0.2, 0) is 0 Å². The number of hydrogen-bond acceptors (Lipinski definition) is 5. The van der Waals surface area contributed by atoms with Crippen LogP contribution in [0.5, 0.6) is 11.6 Å². The van der Waals surface area contributed by atoms with Crippen molar-refractivity contribution in [1.29, 1.82) is 0 Å². The van der Waals surface area contributed by atoms with Gasteiger partial charge in [0, 0.05) is 12.3 Å². The zero-order valence-corrected chi connectivity index (χ0v) is 12.3. The molecule has 0 radical (unpaired) electrons. The fourth-order valence-electron chi connectivity index (χ4n) is 1.57. The molecule has 2 rings (SSSR count). The number of nitrogens with zero attached hydrogens (tertiary/aromatic N) is 2. The Bertz CT molecular complexity index is 732. The molecule has 2 aromatic rings. The third kappa shape index (κ3) is 3.34. The number of aryl methyl sites for hydroxylation is 1. The summed E-state index contributed by atoms with van der Waals surface area (Å²) in [5, 5.41) is 20.0. The van der Waals surface area contributed by atoms with Crippen molar-refractivity contribution in [3.8, 4) is 11.6 Å². The molecule has 1 heterocycles. The van der Waals surface area contributed by atoms with Crippen molar-refractivity contribution in [2.24, 2.45) is 0 Å². The largest absolute Gasteiger partial charge is 0.478 e. The van der Waals surface area contributed by atoms with Gasteiger partial charge >= 0.3 is 11.7 Å². The highest BCUT2D eigenvalue weighted by Gasteiger charge is 2.19. The summed E-state index contributed by atoms with van der Waals surface area (Å²) in [5.74, 6) is -1.19. The number of pyridine rings is 1. The molecule has 0 bridgehead atoms. The van der Waals surface area contributed by atoms with Gasteiger partial charge in [0.05, 0.1) is 15.0 Å². The highest BCUT2D eigenvalue weighted by atomic mass is 79.9. The zero-order chi connectivity index (χ0) is 15.6. The number of ether oxygens (including phenoxy) is 1. The molecule has 108 valence electrons.